The van der Waals surface area contributed by atoms with Crippen LogP contribution in [-0.2, 0) is 21.4 Å². The minimum Gasteiger partial charge on any atom is -0.468 e. The van der Waals surface area contributed by atoms with Gasteiger partial charge in [0.05, 0.1) is 24.2 Å². The highest BCUT2D eigenvalue weighted by Crippen LogP contribution is 2.19. The number of benzene rings is 2. The first-order chi connectivity index (χ1) is 12.9. The Bertz CT molecular complexity index is 988. The summed E-state index contributed by atoms with van der Waals surface area (Å²) in [5.74, 6) is -0.573. The number of amides is 1. The molecule has 3 rings (SSSR count). The molecule has 140 valence electrons. The van der Waals surface area contributed by atoms with Gasteiger partial charge in [-0.15, -0.1) is 0 Å². The minimum absolute atomic E-state index is 0.0751. The Morgan fingerprint density at radius 3 is 2.33 bits per heavy atom. The summed E-state index contributed by atoms with van der Waals surface area (Å²) in [6.07, 6.45) is 1.43. The van der Waals surface area contributed by atoms with Crippen LogP contribution < -0.4 is 5.32 Å². The van der Waals surface area contributed by atoms with Gasteiger partial charge in [0.25, 0.3) is 0 Å². The number of anilines is 1. The fourth-order valence-corrected chi connectivity index (χ4v) is 3.82. The molecule has 6 nitrogen and oxygen atoms in total. The molecule has 1 amide bonds. The summed E-state index contributed by atoms with van der Waals surface area (Å²) in [6, 6.07) is 16.3. The number of furan rings is 1. The second-order valence-corrected chi connectivity index (χ2v) is 7.66. The maximum Gasteiger partial charge on any atom is 0.243 e. The van der Waals surface area contributed by atoms with Gasteiger partial charge in [0, 0.05) is 5.69 Å². The average Bonchev–Trinajstić information content (AvgIpc) is 3.17. The first kappa shape index (κ1) is 18.8. The van der Waals surface area contributed by atoms with E-state index in [-0.39, 0.29) is 11.4 Å². The number of sulfonamides is 1. The Balaban J connectivity index is 1.81. The SMILES string of the molecule is O=C(CN(Cc1ccco1)S(=O)(=O)c1ccccc1)Nc1ccc(F)cc1. The fourth-order valence-electron chi connectivity index (χ4n) is 2.44. The third kappa shape index (κ3) is 4.81. The summed E-state index contributed by atoms with van der Waals surface area (Å²) in [7, 11) is -3.92. The van der Waals surface area contributed by atoms with Crippen molar-refractivity contribution < 1.29 is 22.0 Å². The number of hydrogen-bond acceptors (Lipinski definition) is 4. The van der Waals surface area contributed by atoms with Crippen molar-refractivity contribution in [3.05, 3.63) is 84.6 Å². The second kappa shape index (κ2) is 8.15. The smallest absolute Gasteiger partial charge is 0.243 e. The molecular formula is C19H17FN2O4S. The first-order valence-electron chi connectivity index (χ1n) is 8.08. The van der Waals surface area contributed by atoms with E-state index >= 15 is 0 Å². The van der Waals surface area contributed by atoms with Gasteiger partial charge in [0.2, 0.25) is 15.9 Å². The van der Waals surface area contributed by atoms with Crippen LogP contribution in [0.3, 0.4) is 0 Å². The maximum absolute atomic E-state index is 13.0. The molecule has 0 unspecified atom stereocenters. The molecule has 0 aliphatic carbocycles. The van der Waals surface area contributed by atoms with Gasteiger partial charge in [-0.1, -0.05) is 18.2 Å². The third-order valence-corrected chi connectivity index (χ3v) is 5.55. The Hall–Kier alpha value is -2.97. The number of halogens is 1. The molecule has 0 atom stereocenters. The van der Waals surface area contributed by atoms with Crippen molar-refractivity contribution in [1.29, 1.82) is 0 Å². The standard InChI is InChI=1S/C19H17FN2O4S/c20-15-8-10-16(11-9-15)21-19(23)14-22(13-17-5-4-12-26-17)27(24,25)18-6-2-1-3-7-18/h1-12H,13-14H2,(H,21,23). The summed E-state index contributed by atoms with van der Waals surface area (Å²) < 4.78 is 45.1. The van der Waals surface area contributed by atoms with E-state index in [2.05, 4.69) is 5.32 Å². The summed E-state index contributed by atoms with van der Waals surface area (Å²) in [5.41, 5.74) is 0.372. The summed E-state index contributed by atoms with van der Waals surface area (Å²) in [6.45, 7) is -0.517. The average molecular weight is 388 g/mol. The Morgan fingerprint density at radius 2 is 1.70 bits per heavy atom. The van der Waals surface area contributed by atoms with Crippen LogP contribution in [-0.4, -0.2) is 25.2 Å². The molecule has 0 radical (unpaired) electrons. The topological polar surface area (TPSA) is 79.6 Å². The van der Waals surface area contributed by atoms with Crippen molar-refractivity contribution in [2.75, 3.05) is 11.9 Å². The van der Waals surface area contributed by atoms with Crippen molar-refractivity contribution >= 4 is 21.6 Å². The van der Waals surface area contributed by atoms with E-state index in [0.29, 0.717) is 11.4 Å². The zero-order chi connectivity index (χ0) is 19.3. The molecule has 0 bridgehead atoms. The van der Waals surface area contributed by atoms with E-state index in [9.17, 15) is 17.6 Å². The molecule has 0 aliphatic rings. The Morgan fingerprint density at radius 1 is 1.00 bits per heavy atom. The number of nitrogens with zero attached hydrogens (tertiary/aromatic N) is 1. The lowest BCUT2D eigenvalue weighted by Crippen LogP contribution is -2.37. The van der Waals surface area contributed by atoms with Crippen molar-refractivity contribution in [1.82, 2.24) is 4.31 Å². The molecule has 3 aromatic rings. The van der Waals surface area contributed by atoms with E-state index in [0.717, 1.165) is 4.31 Å². The zero-order valence-electron chi connectivity index (χ0n) is 14.2. The molecule has 0 saturated heterocycles. The summed E-state index contributed by atoms with van der Waals surface area (Å²) in [4.78, 5) is 12.4. The van der Waals surface area contributed by atoms with Gasteiger partial charge in [0.1, 0.15) is 11.6 Å². The van der Waals surface area contributed by atoms with Gasteiger partial charge in [-0.3, -0.25) is 4.79 Å². The van der Waals surface area contributed by atoms with Crippen molar-refractivity contribution in [2.24, 2.45) is 0 Å². The quantitative estimate of drug-likeness (QED) is 0.674. The van der Waals surface area contributed by atoms with Crippen molar-refractivity contribution in [2.45, 2.75) is 11.4 Å². The van der Waals surface area contributed by atoms with Crippen molar-refractivity contribution in [3.63, 3.8) is 0 Å². The lowest BCUT2D eigenvalue weighted by Gasteiger charge is -2.21. The first-order valence-corrected chi connectivity index (χ1v) is 9.52. The minimum atomic E-state index is -3.92. The third-order valence-electron chi connectivity index (χ3n) is 3.74. The van der Waals surface area contributed by atoms with Crippen LogP contribution in [0.25, 0.3) is 0 Å². The van der Waals surface area contributed by atoms with Crippen LogP contribution in [0, 0.1) is 5.82 Å². The second-order valence-electron chi connectivity index (χ2n) is 5.72. The van der Waals surface area contributed by atoms with Gasteiger partial charge in [0.15, 0.2) is 0 Å². The number of rotatable bonds is 7. The highest BCUT2D eigenvalue weighted by molar-refractivity contribution is 7.89. The maximum atomic E-state index is 13.0. The highest BCUT2D eigenvalue weighted by atomic mass is 32.2. The number of nitrogens with one attached hydrogen (secondary N) is 1. The van der Waals surface area contributed by atoms with Gasteiger partial charge in [-0.05, 0) is 48.5 Å². The van der Waals surface area contributed by atoms with Gasteiger partial charge >= 0.3 is 0 Å². The lowest BCUT2D eigenvalue weighted by molar-refractivity contribution is -0.116. The number of hydrogen-bond donors (Lipinski definition) is 1. The summed E-state index contributed by atoms with van der Waals surface area (Å²) >= 11 is 0. The zero-order valence-corrected chi connectivity index (χ0v) is 15.0. The van der Waals surface area contributed by atoms with Crippen LogP contribution in [0.5, 0.6) is 0 Å². The molecule has 0 spiro atoms. The number of carbonyl (C=O) groups is 1. The lowest BCUT2D eigenvalue weighted by atomic mass is 10.3. The Kier molecular flexibility index (Phi) is 5.68. The monoisotopic (exact) mass is 388 g/mol. The van der Waals surface area contributed by atoms with E-state index in [1.807, 2.05) is 0 Å². The predicted molar refractivity (Wildman–Crippen MR) is 97.8 cm³/mol. The van der Waals surface area contributed by atoms with Crippen LogP contribution >= 0.6 is 0 Å². The van der Waals surface area contributed by atoms with Crippen molar-refractivity contribution in [3.8, 4) is 0 Å². The molecular weight excluding hydrogens is 371 g/mol. The van der Waals surface area contributed by atoms with Crippen LogP contribution in [0.15, 0.2) is 82.3 Å². The summed E-state index contributed by atoms with van der Waals surface area (Å²) in [5, 5.41) is 2.56. The van der Waals surface area contributed by atoms with Gasteiger partial charge in [-0.2, -0.15) is 4.31 Å². The molecule has 27 heavy (non-hydrogen) atoms. The fraction of sp³-hybridized carbons (Fsp3) is 0.105. The molecule has 1 heterocycles. The molecule has 0 fully saturated rings. The van der Waals surface area contributed by atoms with Gasteiger partial charge in [-0.25, -0.2) is 12.8 Å². The van der Waals surface area contributed by atoms with E-state index in [4.69, 9.17) is 4.42 Å². The molecule has 1 N–H and O–H groups in total. The molecule has 0 aliphatic heterocycles. The Labute approximate surface area is 156 Å². The van der Waals surface area contributed by atoms with E-state index in [1.165, 1.54) is 42.7 Å². The van der Waals surface area contributed by atoms with Crippen LogP contribution in [0.2, 0.25) is 0 Å². The number of carbonyl (C=O) groups excluding carboxylic acids is 1. The molecule has 1 aromatic heterocycles. The highest BCUT2D eigenvalue weighted by Gasteiger charge is 2.27. The van der Waals surface area contributed by atoms with E-state index in [1.54, 1.807) is 30.3 Å². The van der Waals surface area contributed by atoms with Crippen LogP contribution in [0.1, 0.15) is 5.76 Å². The predicted octanol–water partition coefficient (Wildman–Crippen LogP) is 3.25. The molecule has 2 aromatic carbocycles. The van der Waals surface area contributed by atoms with Gasteiger partial charge < -0.3 is 9.73 Å². The largest absolute Gasteiger partial charge is 0.468 e. The molecule has 0 saturated carbocycles. The van der Waals surface area contributed by atoms with Crippen LogP contribution in [0.4, 0.5) is 10.1 Å². The molecule has 8 heteroatoms. The van der Waals surface area contributed by atoms with E-state index < -0.39 is 28.3 Å². The normalized spacial score (nSPS) is 11.5.